The quantitative estimate of drug-likeness (QED) is 0.512. The summed E-state index contributed by atoms with van der Waals surface area (Å²) >= 11 is 0. The zero-order valence-corrected chi connectivity index (χ0v) is 18.1. The maximum Gasteiger partial charge on any atom is 0.325 e. The van der Waals surface area contributed by atoms with E-state index in [1.807, 2.05) is 54.6 Å². The molecule has 0 saturated carbocycles. The number of benzene rings is 2. The first-order valence-corrected chi connectivity index (χ1v) is 10.3. The van der Waals surface area contributed by atoms with Crippen LogP contribution in [0.3, 0.4) is 0 Å². The van der Waals surface area contributed by atoms with E-state index in [2.05, 4.69) is 10.6 Å². The fraction of sp³-hybridized carbons (Fsp3) is 0.375. The highest BCUT2D eigenvalue weighted by Crippen LogP contribution is 2.15. The van der Waals surface area contributed by atoms with Crippen LogP contribution < -0.4 is 15.4 Å². The van der Waals surface area contributed by atoms with Crippen LogP contribution in [0.1, 0.15) is 38.3 Å². The van der Waals surface area contributed by atoms with E-state index in [-0.39, 0.29) is 18.2 Å². The van der Waals surface area contributed by atoms with Gasteiger partial charge in [0.1, 0.15) is 24.4 Å². The number of aliphatic carboxylic acids is 1. The predicted octanol–water partition coefficient (Wildman–Crippen LogP) is 2.93. The lowest BCUT2D eigenvalue weighted by atomic mass is 10.0. The number of carbonyl (C=O) groups is 3. The largest absolute Gasteiger partial charge is 0.489 e. The van der Waals surface area contributed by atoms with Crippen molar-refractivity contribution in [1.29, 1.82) is 0 Å². The van der Waals surface area contributed by atoms with Crippen LogP contribution in [0, 0.1) is 5.92 Å². The third-order valence-corrected chi connectivity index (χ3v) is 4.81. The molecule has 2 atom stereocenters. The van der Waals surface area contributed by atoms with Gasteiger partial charge >= 0.3 is 5.97 Å². The lowest BCUT2D eigenvalue weighted by molar-refractivity contribution is -0.142. The van der Waals surface area contributed by atoms with Crippen LogP contribution in [0.15, 0.2) is 54.6 Å². The van der Waals surface area contributed by atoms with Crippen LogP contribution >= 0.6 is 0 Å². The average molecular weight is 427 g/mol. The molecule has 2 aromatic rings. The lowest BCUT2D eigenvalue weighted by Gasteiger charge is -2.23. The van der Waals surface area contributed by atoms with Gasteiger partial charge in [0.2, 0.25) is 11.8 Å². The molecule has 166 valence electrons. The maximum atomic E-state index is 12.3. The second-order valence-corrected chi connectivity index (χ2v) is 7.78. The van der Waals surface area contributed by atoms with E-state index < -0.39 is 24.0 Å². The van der Waals surface area contributed by atoms with E-state index in [0.717, 1.165) is 16.9 Å². The van der Waals surface area contributed by atoms with E-state index in [4.69, 9.17) is 9.84 Å². The van der Waals surface area contributed by atoms with E-state index in [1.165, 1.54) is 6.92 Å². The van der Waals surface area contributed by atoms with Gasteiger partial charge in [-0.2, -0.15) is 0 Å². The third kappa shape index (κ3) is 8.12. The Morgan fingerprint density at radius 1 is 0.903 bits per heavy atom. The molecule has 3 N–H and O–H groups in total. The summed E-state index contributed by atoms with van der Waals surface area (Å²) in [6.07, 6.45) is 0.734. The van der Waals surface area contributed by atoms with Crippen molar-refractivity contribution in [1.82, 2.24) is 10.6 Å². The van der Waals surface area contributed by atoms with Crippen LogP contribution in [0.4, 0.5) is 0 Å². The second kappa shape index (κ2) is 11.7. The molecule has 0 aliphatic heterocycles. The van der Waals surface area contributed by atoms with Crippen molar-refractivity contribution in [2.75, 3.05) is 0 Å². The van der Waals surface area contributed by atoms with Crippen molar-refractivity contribution in [3.63, 3.8) is 0 Å². The van der Waals surface area contributed by atoms with Gasteiger partial charge in [-0.25, -0.2) is 0 Å². The molecule has 0 aromatic heterocycles. The van der Waals surface area contributed by atoms with Crippen molar-refractivity contribution in [2.24, 2.45) is 5.92 Å². The molecular weight excluding hydrogens is 396 g/mol. The molecule has 0 aliphatic rings. The highest BCUT2D eigenvalue weighted by Gasteiger charge is 2.26. The lowest BCUT2D eigenvalue weighted by Crippen LogP contribution is -2.53. The molecule has 0 heterocycles. The van der Waals surface area contributed by atoms with E-state index in [0.29, 0.717) is 13.0 Å². The van der Waals surface area contributed by atoms with Crippen molar-refractivity contribution >= 4 is 17.8 Å². The highest BCUT2D eigenvalue weighted by molar-refractivity contribution is 5.90. The van der Waals surface area contributed by atoms with Gasteiger partial charge in [0.05, 0.1) is 0 Å². The number of carbonyl (C=O) groups excluding carboxylic acids is 2. The minimum atomic E-state index is -1.13. The molecule has 0 aliphatic carbocycles. The number of hydrogen-bond acceptors (Lipinski definition) is 4. The minimum Gasteiger partial charge on any atom is -0.489 e. The first kappa shape index (κ1) is 23.9. The summed E-state index contributed by atoms with van der Waals surface area (Å²) in [5.74, 6) is -1.31. The Kier molecular flexibility index (Phi) is 9.06. The van der Waals surface area contributed by atoms with Gasteiger partial charge in [-0.15, -0.1) is 0 Å². The number of nitrogens with one attached hydrogen (secondary N) is 2. The molecule has 2 aromatic carbocycles. The highest BCUT2D eigenvalue weighted by atomic mass is 16.5. The summed E-state index contributed by atoms with van der Waals surface area (Å²) in [5, 5.41) is 14.1. The molecule has 0 bridgehead atoms. The van der Waals surface area contributed by atoms with Crippen LogP contribution in [-0.4, -0.2) is 35.0 Å². The number of carboxylic acid groups (broad SMARTS) is 1. The Labute approximate surface area is 182 Å². The molecule has 2 amide bonds. The Balaban J connectivity index is 1.82. The minimum absolute atomic E-state index is 0.175. The molecule has 0 spiro atoms. The van der Waals surface area contributed by atoms with E-state index in [1.54, 1.807) is 13.8 Å². The van der Waals surface area contributed by atoms with E-state index in [9.17, 15) is 14.4 Å². The first-order chi connectivity index (χ1) is 14.8. The summed E-state index contributed by atoms with van der Waals surface area (Å²) in [6, 6.07) is 15.6. The average Bonchev–Trinajstić information content (AvgIpc) is 2.75. The van der Waals surface area contributed by atoms with Crippen molar-refractivity contribution in [2.45, 2.75) is 52.3 Å². The molecule has 0 radical (unpaired) electrons. The summed E-state index contributed by atoms with van der Waals surface area (Å²) in [7, 11) is 0. The van der Waals surface area contributed by atoms with Crippen LogP contribution in [0.2, 0.25) is 0 Å². The zero-order valence-electron chi connectivity index (χ0n) is 18.1. The molecule has 7 nitrogen and oxygen atoms in total. The Hall–Kier alpha value is -3.35. The summed E-state index contributed by atoms with van der Waals surface area (Å²) in [4.78, 5) is 35.6. The molecule has 2 rings (SSSR count). The van der Waals surface area contributed by atoms with Crippen LogP contribution in [-0.2, 0) is 27.4 Å². The standard InChI is InChI=1S/C24H30N2O5/c1-16(2)22(23(28)25-17(3)24(29)30)26-21(27)14-11-18-9-12-20(13-10-18)31-15-19-7-5-4-6-8-19/h4-10,12-13,16-17,22H,11,14-15H2,1-3H3,(H,25,28)(H,26,27)(H,29,30)/t17-,22+/m1/s1. The smallest absolute Gasteiger partial charge is 0.325 e. The summed E-state index contributed by atoms with van der Waals surface area (Å²) in [6.45, 7) is 5.46. The molecular formula is C24H30N2O5. The number of hydrogen-bond donors (Lipinski definition) is 3. The van der Waals surface area contributed by atoms with Gasteiger partial charge in [0.15, 0.2) is 0 Å². The third-order valence-electron chi connectivity index (χ3n) is 4.81. The molecule has 31 heavy (non-hydrogen) atoms. The van der Waals surface area contributed by atoms with Crippen LogP contribution in [0.5, 0.6) is 5.75 Å². The monoisotopic (exact) mass is 426 g/mol. The molecule has 0 unspecified atom stereocenters. The van der Waals surface area contributed by atoms with Crippen LogP contribution in [0.25, 0.3) is 0 Å². The van der Waals surface area contributed by atoms with Crippen molar-refractivity contribution in [3.05, 3.63) is 65.7 Å². The fourth-order valence-corrected chi connectivity index (χ4v) is 2.90. The van der Waals surface area contributed by atoms with Crippen molar-refractivity contribution < 1.29 is 24.2 Å². The van der Waals surface area contributed by atoms with Gasteiger partial charge < -0.3 is 20.5 Å². The van der Waals surface area contributed by atoms with Gasteiger partial charge in [0, 0.05) is 6.42 Å². The van der Waals surface area contributed by atoms with Gasteiger partial charge in [-0.1, -0.05) is 56.3 Å². The second-order valence-electron chi connectivity index (χ2n) is 7.78. The normalized spacial score (nSPS) is 12.6. The number of carboxylic acids is 1. The predicted molar refractivity (Wildman–Crippen MR) is 118 cm³/mol. The van der Waals surface area contributed by atoms with Crippen molar-refractivity contribution in [3.8, 4) is 5.75 Å². The molecule has 0 saturated heterocycles. The Morgan fingerprint density at radius 2 is 1.55 bits per heavy atom. The number of aryl methyl sites for hydroxylation is 1. The summed E-state index contributed by atoms with van der Waals surface area (Å²) < 4.78 is 5.76. The van der Waals surface area contributed by atoms with E-state index >= 15 is 0 Å². The Morgan fingerprint density at radius 3 is 2.13 bits per heavy atom. The SMILES string of the molecule is CC(C)[C@H](NC(=O)CCc1ccc(OCc2ccccc2)cc1)C(=O)N[C@H](C)C(=O)O. The fourth-order valence-electron chi connectivity index (χ4n) is 2.90. The first-order valence-electron chi connectivity index (χ1n) is 10.3. The zero-order chi connectivity index (χ0) is 22.8. The number of ether oxygens (including phenoxy) is 1. The van der Waals surface area contributed by atoms with Gasteiger partial charge in [-0.05, 0) is 42.5 Å². The topological polar surface area (TPSA) is 105 Å². The maximum absolute atomic E-state index is 12.3. The number of amides is 2. The summed E-state index contributed by atoms with van der Waals surface area (Å²) in [5.41, 5.74) is 2.07. The van der Waals surface area contributed by atoms with Gasteiger partial charge in [-0.3, -0.25) is 14.4 Å². The van der Waals surface area contributed by atoms with Gasteiger partial charge in [0.25, 0.3) is 0 Å². The Bertz CT molecular complexity index is 865. The number of rotatable bonds is 11. The molecule has 0 fully saturated rings. The molecule has 7 heteroatoms.